The molecule has 0 radical (unpaired) electrons. The van der Waals surface area contributed by atoms with Crippen molar-refractivity contribution in [1.29, 1.82) is 0 Å². The van der Waals surface area contributed by atoms with Crippen LogP contribution in [0.25, 0.3) is 0 Å². The van der Waals surface area contributed by atoms with Crippen molar-refractivity contribution >= 4 is 27.7 Å². The fourth-order valence-electron chi connectivity index (χ4n) is 2.04. The highest BCUT2D eigenvalue weighted by Gasteiger charge is 2.30. The summed E-state index contributed by atoms with van der Waals surface area (Å²) >= 11 is 3.24. The monoisotopic (exact) mass is 314 g/mol. The smallest absolute Gasteiger partial charge is 0.339 e. The molecule has 1 saturated heterocycles. The van der Waals surface area contributed by atoms with Gasteiger partial charge in [0.2, 0.25) is 0 Å². The molecule has 0 amide bonds. The van der Waals surface area contributed by atoms with Gasteiger partial charge in [-0.15, -0.1) is 0 Å². The van der Waals surface area contributed by atoms with Crippen LogP contribution in [0.15, 0.2) is 16.7 Å². The minimum absolute atomic E-state index is 0.210. The molecule has 6 heteroatoms. The van der Waals surface area contributed by atoms with Crippen LogP contribution in [0.2, 0.25) is 0 Å². The Hall–Kier alpha value is -1.14. The molecule has 1 aliphatic rings. The predicted octanol–water partition coefficient (Wildman–Crippen LogP) is 2.16. The number of carboxylic acids is 1. The zero-order chi connectivity index (χ0) is 13.3. The third-order valence-corrected chi connectivity index (χ3v) is 3.22. The maximum absolute atomic E-state index is 11.3. The van der Waals surface area contributed by atoms with Crippen LogP contribution in [0.4, 0.5) is 5.82 Å². The van der Waals surface area contributed by atoms with Crippen LogP contribution in [0.1, 0.15) is 24.2 Å². The standard InChI is InChI=1S/C12H15BrN2O3/c1-12(2)7-15(3-4-18-12)10-9(11(16)17)5-8(13)6-14-10/h5-6H,3-4,7H2,1-2H3,(H,16,17). The van der Waals surface area contributed by atoms with Gasteiger partial charge in [-0.2, -0.15) is 0 Å². The number of pyridine rings is 1. The highest BCUT2D eigenvalue weighted by Crippen LogP contribution is 2.26. The second-order valence-corrected chi connectivity index (χ2v) is 5.78. The van der Waals surface area contributed by atoms with Crippen molar-refractivity contribution in [3.8, 4) is 0 Å². The van der Waals surface area contributed by atoms with Crippen molar-refractivity contribution in [1.82, 2.24) is 4.98 Å². The molecule has 0 spiro atoms. The summed E-state index contributed by atoms with van der Waals surface area (Å²) in [6.45, 7) is 5.82. The quantitative estimate of drug-likeness (QED) is 0.906. The van der Waals surface area contributed by atoms with E-state index in [0.717, 1.165) is 0 Å². The van der Waals surface area contributed by atoms with Gasteiger partial charge in [0.25, 0.3) is 0 Å². The topological polar surface area (TPSA) is 62.7 Å². The summed E-state index contributed by atoms with van der Waals surface area (Å²) in [7, 11) is 0. The summed E-state index contributed by atoms with van der Waals surface area (Å²) in [4.78, 5) is 17.4. The predicted molar refractivity (Wildman–Crippen MR) is 71.1 cm³/mol. The van der Waals surface area contributed by atoms with E-state index in [0.29, 0.717) is 30.0 Å². The number of nitrogens with zero attached hydrogens (tertiary/aromatic N) is 2. The van der Waals surface area contributed by atoms with Gasteiger partial charge in [0.05, 0.1) is 12.2 Å². The molecule has 0 saturated carbocycles. The van der Waals surface area contributed by atoms with Gasteiger partial charge in [-0.3, -0.25) is 0 Å². The number of aromatic nitrogens is 1. The SMILES string of the molecule is CC1(C)CN(c2ncc(Br)cc2C(=O)O)CCO1. The first-order valence-corrected chi connectivity index (χ1v) is 6.46. The van der Waals surface area contributed by atoms with Crippen molar-refractivity contribution in [2.75, 3.05) is 24.6 Å². The number of ether oxygens (including phenoxy) is 1. The molecule has 1 aromatic rings. The van der Waals surface area contributed by atoms with Gasteiger partial charge in [-0.1, -0.05) is 0 Å². The molecule has 1 N–H and O–H groups in total. The van der Waals surface area contributed by atoms with E-state index in [1.807, 2.05) is 18.7 Å². The fourth-order valence-corrected chi connectivity index (χ4v) is 2.37. The van der Waals surface area contributed by atoms with Crippen LogP contribution >= 0.6 is 15.9 Å². The summed E-state index contributed by atoms with van der Waals surface area (Å²) in [5.74, 6) is -0.467. The molecule has 0 atom stereocenters. The van der Waals surface area contributed by atoms with E-state index >= 15 is 0 Å². The largest absolute Gasteiger partial charge is 0.478 e. The van der Waals surface area contributed by atoms with Gasteiger partial charge in [0.1, 0.15) is 11.4 Å². The Labute approximate surface area is 114 Å². The molecule has 0 unspecified atom stereocenters. The molecular formula is C12H15BrN2O3. The third kappa shape index (κ3) is 2.81. The second-order valence-electron chi connectivity index (χ2n) is 4.86. The number of anilines is 1. The van der Waals surface area contributed by atoms with Gasteiger partial charge in [0.15, 0.2) is 0 Å². The molecule has 98 valence electrons. The van der Waals surface area contributed by atoms with Gasteiger partial charge < -0.3 is 14.7 Å². The van der Waals surface area contributed by atoms with Crippen molar-refractivity contribution in [2.24, 2.45) is 0 Å². The lowest BCUT2D eigenvalue weighted by atomic mass is 10.1. The fraction of sp³-hybridized carbons (Fsp3) is 0.500. The van der Waals surface area contributed by atoms with Crippen LogP contribution in [0.5, 0.6) is 0 Å². The zero-order valence-electron chi connectivity index (χ0n) is 10.3. The minimum Gasteiger partial charge on any atom is -0.478 e. The molecule has 1 fully saturated rings. The normalized spacial score (nSPS) is 18.7. The Bertz CT molecular complexity index is 476. The van der Waals surface area contributed by atoms with Crippen molar-refractivity contribution in [3.63, 3.8) is 0 Å². The zero-order valence-corrected chi connectivity index (χ0v) is 11.9. The first-order chi connectivity index (χ1) is 8.39. The maximum Gasteiger partial charge on any atom is 0.339 e. The molecule has 1 aromatic heterocycles. The number of halogens is 1. The van der Waals surface area contributed by atoms with E-state index in [1.54, 1.807) is 12.3 Å². The molecule has 0 aromatic carbocycles. The van der Waals surface area contributed by atoms with Crippen LogP contribution < -0.4 is 4.90 Å². The number of aromatic carboxylic acids is 1. The first-order valence-electron chi connectivity index (χ1n) is 5.67. The van der Waals surface area contributed by atoms with E-state index < -0.39 is 5.97 Å². The minimum atomic E-state index is -0.969. The molecule has 5 nitrogen and oxygen atoms in total. The average Bonchev–Trinajstić information content (AvgIpc) is 2.27. The number of rotatable bonds is 2. The Balaban J connectivity index is 2.35. The van der Waals surface area contributed by atoms with Crippen molar-refractivity contribution in [2.45, 2.75) is 19.4 Å². The number of carbonyl (C=O) groups is 1. The van der Waals surface area contributed by atoms with Crippen LogP contribution in [0, 0.1) is 0 Å². The van der Waals surface area contributed by atoms with Crippen molar-refractivity contribution in [3.05, 3.63) is 22.3 Å². The van der Waals surface area contributed by atoms with E-state index in [9.17, 15) is 9.90 Å². The Morgan fingerprint density at radius 2 is 2.33 bits per heavy atom. The summed E-state index contributed by atoms with van der Waals surface area (Å²) in [5.41, 5.74) is -0.0787. The number of carboxylic acid groups (broad SMARTS) is 1. The Kier molecular flexibility index (Phi) is 3.59. The highest BCUT2D eigenvalue weighted by atomic mass is 79.9. The van der Waals surface area contributed by atoms with Crippen LogP contribution in [-0.2, 0) is 4.74 Å². The molecule has 0 aliphatic carbocycles. The van der Waals surface area contributed by atoms with Gasteiger partial charge in [-0.05, 0) is 35.8 Å². The van der Waals surface area contributed by atoms with E-state index in [2.05, 4.69) is 20.9 Å². The molecular weight excluding hydrogens is 300 g/mol. The lowest BCUT2D eigenvalue weighted by Gasteiger charge is -2.39. The number of hydrogen-bond acceptors (Lipinski definition) is 4. The van der Waals surface area contributed by atoms with Crippen LogP contribution in [-0.4, -0.2) is 41.4 Å². The summed E-state index contributed by atoms with van der Waals surface area (Å²) in [6, 6.07) is 1.58. The van der Waals surface area contributed by atoms with E-state index in [-0.39, 0.29) is 11.2 Å². The van der Waals surface area contributed by atoms with E-state index in [1.165, 1.54) is 0 Å². The third-order valence-electron chi connectivity index (χ3n) is 2.79. The van der Waals surface area contributed by atoms with Crippen molar-refractivity contribution < 1.29 is 14.6 Å². The average molecular weight is 315 g/mol. The van der Waals surface area contributed by atoms with Gasteiger partial charge >= 0.3 is 5.97 Å². The summed E-state index contributed by atoms with van der Waals surface area (Å²) in [5, 5.41) is 9.23. The Morgan fingerprint density at radius 1 is 1.61 bits per heavy atom. The van der Waals surface area contributed by atoms with E-state index in [4.69, 9.17) is 4.74 Å². The number of hydrogen-bond donors (Lipinski definition) is 1. The van der Waals surface area contributed by atoms with Crippen LogP contribution in [0.3, 0.4) is 0 Å². The molecule has 18 heavy (non-hydrogen) atoms. The second kappa shape index (κ2) is 4.85. The molecule has 0 bridgehead atoms. The highest BCUT2D eigenvalue weighted by molar-refractivity contribution is 9.10. The molecule has 2 rings (SSSR count). The molecule has 1 aliphatic heterocycles. The number of morpholine rings is 1. The lowest BCUT2D eigenvalue weighted by Crippen LogP contribution is -2.49. The Morgan fingerprint density at radius 3 is 2.94 bits per heavy atom. The lowest BCUT2D eigenvalue weighted by molar-refractivity contribution is -0.0279. The van der Waals surface area contributed by atoms with Gasteiger partial charge in [-0.25, -0.2) is 9.78 Å². The summed E-state index contributed by atoms with van der Waals surface area (Å²) < 4.78 is 6.28. The van der Waals surface area contributed by atoms with Gasteiger partial charge in [0, 0.05) is 23.8 Å². The maximum atomic E-state index is 11.3. The first kappa shape index (κ1) is 13.3. The molecule has 2 heterocycles. The summed E-state index contributed by atoms with van der Waals surface area (Å²) in [6.07, 6.45) is 1.62.